The van der Waals surface area contributed by atoms with E-state index in [-0.39, 0.29) is 0 Å². The smallest absolute Gasteiger partial charge is 0.165 e. The van der Waals surface area contributed by atoms with Crippen LogP contribution in [-0.4, -0.2) is 40.1 Å². The number of hydrogen-bond donors (Lipinski definition) is 0. The summed E-state index contributed by atoms with van der Waals surface area (Å²) in [6.45, 7) is 1.23. The van der Waals surface area contributed by atoms with Crippen molar-refractivity contribution in [3.63, 3.8) is 0 Å². The fraction of sp³-hybridized carbons (Fsp3) is 0.143. The molecule has 0 saturated heterocycles. The fourth-order valence-electron chi connectivity index (χ4n) is 2.78. The number of benzene rings is 1. The number of pyridine rings is 2. The van der Waals surface area contributed by atoms with E-state index in [1.165, 1.54) is 0 Å². The van der Waals surface area contributed by atoms with Crippen molar-refractivity contribution in [1.29, 1.82) is 0 Å². The molecule has 0 amide bonds. The third-order valence-corrected chi connectivity index (χ3v) is 4.17. The SMILES string of the molecule is CN(CCOc1ccccc1)c1nc(-c2cccnc2)nc2ncccc12. The summed E-state index contributed by atoms with van der Waals surface area (Å²) in [4.78, 5) is 20.0. The van der Waals surface area contributed by atoms with Gasteiger partial charge in [-0.2, -0.15) is 0 Å². The van der Waals surface area contributed by atoms with Gasteiger partial charge >= 0.3 is 0 Å². The molecule has 0 aliphatic rings. The summed E-state index contributed by atoms with van der Waals surface area (Å²) in [5.74, 6) is 2.29. The zero-order valence-corrected chi connectivity index (χ0v) is 15.0. The Balaban J connectivity index is 1.61. The zero-order chi connectivity index (χ0) is 18.5. The number of ether oxygens (including phenoxy) is 1. The first-order valence-electron chi connectivity index (χ1n) is 8.73. The number of aromatic nitrogens is 4. The van der Waals surface area contributed by atoms with E-state index in [0.717, 1.165) is 22.5 Å². The Kier molecular flexibility index (Phi) is 4.87. The number of fused-ring (bicyclic) bond motifs is 1. The minimum atomic E-state index is 0.550. The summed E-state index contributed by atoms with van der Waals surface area (Å²) in [6.07, 6.45) is 5.23. The highest BCUT2D eigenvalue weighted by Gasteiger charge is 2.13. The first kappa shape index (κ1) is 16.9. The summed E-state index contributed by atoms with van der Waals surface area (Å²) in [7, 11) is 2.00. The highest BCUT2D eigenvalue weighted by molar-refractivity contribution is 5.88. The normalized spacial score (nSPS) is 10.7. The van der Waals surface area contributed by atoms with Crippen molar-refractivity contribution in [1.82, 2.24) is 19.9 Å². The second-order valence-electron chi connectivity index (χ2n) is 6.07. The molecule has 134 valence electrons. The maximum atomic E-state index is 5.81. The van der Waals surface area contributed by atoms with Crippen LogP contribution in [-0.2, 0) is 0 Å². The van der Waals surface area contributed by atoms with Crippen LogP contribution in [0.1, 0.15) is 0 Å². The number of likely N-dealkylation sites (N-methyl/N-ethyl adjacent to an activating group) is 1. The molecule has 0 atom stereocenters. The van der Waals surface area contributed by atoms with Crippen molar-refractivity contribution in [3.05, 3.63) is 73.2 Å². The highest BCUT2D eigenvalue weighted by atomic mass is 16.5. The molecule has 0 fully saturated rings. The summed E-state index contributed by atoms with van der Waals surface area (Å²) >= 11 is 0. The van der Waals surface area contributed by atoms with Crippen LogP contribution in [0.15, 0.2) is 73.2 Å². The zero-order valence-electron chi connectivity index (χ0n) is 15.0. The lowest BCUT2D eigenvalue weighted by molar-refractivity contribution is 0.326. The quantitative estimate of drug-likeness (QED) is 0.525. The van der Waals surface area contributed by atoms with Crippen molar-refractivity contribution in [2.45, 2.75) is 0 Å². The van der Waals surface area contributed by atoms with Gasteiger partial charge in [-0.3, -0.25) is 4.98 Å². The van der Waals surface area contributed by atoms with E-state index < -0.39 is 0 Å². The van der Waals surface area contributed by atoms with Gasteiger partial charge in [0.05, 0.1) is 11.9 Å². The Morgan fingerprint density at radius 1 is 0.926 bits per heavy atom. The number of anilines is 1. The van der Waals surface area contributed by atoms with Crippen molar-refractivity contribution in [3.8, 4) is 17.1 Å². The number of para-hydroxylation sites is 1. The molecule has 4 rings (SSSR count). The molecule has 6 nitrogen and oxygen atoms in total. The Hall–Kier alpha value is -3.54. The van der Waals surface area contributed by atoms with Crippen molar-refractivity contribution < 1.29 is 4.74 Å². The van der Waals surface area contributed by atoms with Gasteiger partial charge in [-0.25, -0.2) is 15.0 Å². The predicted molar refractivity (Wildman–Crippen MR) is 106 cm³/mol. The van der Waals surface area contributed by atoms with E-state index in [4.69, 9.17) is 9.72 Å². The lowest BCUT2D eigenvalue weighted by Crippen LogP contribution is -2.25. The second kappa shape index (κ2) is 7.78. The monoisotopic (exact) mass is 357 g/mol. The average molecular weight is 357 g/mol. The molecule has 27 heavy (non-hydrogen) atoms. The van der Waals surface area contributed by atoms with Gasteiger partial charge in [-0.1, -0.05) is 18.2 Å². The maximum Gasteiger partial charge on any atom is 0.165 e. The lowest BCUT2D eigenvalue weighted by atomic mass is 10.2. The van der Waals surface area contributed by atoms with E-state index in [9.17, 15) is 0 Å². The first-order valence-corrected chi connectivity index (χ1v) is 8.73. The van der Waals surface area contributed by atoms with Crippen LogP contribution in [0.3, 0.4) is 0 Å². The molecule has 0 spiro atoms. The third kappa shape index (κ3) is 3.84. The molecule has 0 N–H and O–H groups in total. The van der Waals surface area contributed by atoms with Crippen LogP contribution in [0.25, 0.3) is 22.4 Å². The van der Waals surface area contributed by atoms with Crippen LogP contribution in [0, 0.1) is 0 Å². The Morgan fingerprint density at radius 3 is 2.59 bits per heavy atom. The summed E-state index contributed by atoms with van der Waals surface area (Å²) < 4.78 is 5.81. The van der Waals surface area contributed by atoms with Crippen molar-refractivity contribution in [2.24, 2.45) is 0 Å². The Morgan fingerprint density at radius 2 is 1.78 bits per heavy atom. The van der Waals surface area contributed by atoms with Crippen molar-refractivity contribution in [2.75, 3.05) is 25.1 Å². The van der Waals surface area contributed by atoms with Crippen molar-refractivity contribution >= 4 is 16.9 Å². The van der Waals surface area contributed by atoms with E-state index in [1.54, 1.807) is 18.6 Å². The molecule has 0 aliphatic heterocycles. The molecule has 0 bridgehead atoms. The maximum absolute atomic E-state index is 5.81. The summed E-state index contributed by atoms with van der Waals surface area (Å²) in [6, 6.07) is 17.5. The minimum Gasteiger partial charge on any atom is -0.492 e. The van der Waals surface area contributed by atoms with E-state index in [1.807, 2.05) is 61.6 Å². The van der Waals surface area contributed by atoms with Gasteiger partial charge < -0.3 is 9.64 Å². The molecule has 0 aliphatic carbocycles. The van der Waals surface area contributed by atoms with Crippen LogP contribution in [0.4, 0.5) is 5.82 Å². The first-order chi connectivity index (χ1) is 13.3. The predicted octanol–water partition coefficient (Wildman–Crippen LogP) is 3.60. The van der Waals surface area contributed by atoms with Crippen LogP contribution < -0.4 is 9.64 Å². The van der Waals surface area contributed by atoms with Gasteiger partial charge in [-0.05, 0) is 36.4 Å². The lowest BCUT2D eigenvalue weighted by Gasteiger charge is -2.20. The molecule has 0 radical (unpaired) electrons. The molecule has 3 aromatic heterocycles. The Bertz CT molecular complexity index is 1020. The summed E-state index contributed by atoms with van der Waals surface area (Å²) in [5.41, 5.74) is 1.53. The third-order valence-electron chi connectivity index (χ3n) is 4.17. The molecular formula is C21H19N5O. The average Bonchev–Trinajstić information content (AvgIpc) is 2.74. The van der Waals surface area contributed by atoms with Gasteiger partial charge in [0.25, 0.3) is 0 Å². The van der Waals surface area contributed by atoms with Gasteiger partial charge in [0.2, 0.25) is 0 Å². The second-order valence-corrected chi connectivity index (χ2v) is 6.07. The van der Waals surface area contributed by atoms with Crippen LogP contribution in [0.2, 0.25) is 0 Å². The van der Waals surface area contributed by atoms with Gasteiger partial charge in [0.15, 0.2) is 11.5 Å². The van der Waals surface area contributed by atoms with E-state index in [0.29, 0.717) is 24.6 Å². The van der Waals surface area contributed by atoms with Gasteiger partial charge in [0, 0.05) is 31.2 Å². The van der Waals surface area contributed by atoms with E-state index >= 15 is 0 Å². The van der Waals surface area contributed by atoms with E-state index in [2.05, 4.69) is 19.9 Å². The molecular weight excluding hydrogens is 338 g/mol. The topological polar surface area (TPSA) is 64.0 Å². The van der Waals surface area contributed by atoms with Gasteiger partial charge in [-0.15, -0.1) is 0 Å². The van der Waals surface area contributed by atoms with Gasteiger partial charge in [0.1, 0.15) is 18.2 Å². The Labute approximate surface area is 157 Å². The molecule has 1 aromatic carbocycles. The number of nitrogens with zero attached hydrogens (tertiary/aromatic N) is 5. The summed E-state index contributed by atoms with van der Waals surface area (Å²) in [5, 5.41) is 0.910. The number of hydrogen-bond acceptors (Lipinski definition) is 6. The molecule has 4 aromatic rings. The fourth-order valence-corrected chi connectivity index (χ4v) is 2.78. The molecule has 0 unspecified atom stereocenters. The minimum absolute atomic E-state index is 0.550. The number of rotatable bonds is 6. The standard InChI is InChI=1S/C21H19N5O/c1-26(13-14-27-17-8-3-2-4-9-17)21-18-10-6-12-23-20(18)24-19(25-21)16-7-5-11-22-15-16/h2-12,15H,13-14H2,1H3. The largest absolute Gasteiger partial charge is 0.492 e. The molecule has 3 heterocycles. The van der Waals surface area contributed by atoms with Crippen LogP contribution in [0.5, 0.6) is 5.75 Å². The molecule has 0 saturated carbocycles. The molecule has 6 heteroatoms. The highest BCUT2D eigenvalue weighted by Crippen LogP contribution is 2.25. The van der Waals surface area contributed by atoms with Crippen LogP contribution >= 0.6 is 0 Å².